The first-order valence-corrected chi connectivity index (χ1v) is 15.3. The third kappa shape index (κ3) is 5.52. The van der Waals surface area contributed by atoms with Gasteiger partial charge in [0.05, 0.1) is 35.1 Å². The molecule has 0 aliphatic rings. The predicted octanol–water partition coefficient (Wildman–Crippen LogP) is 6.24. The molecule has 0 bridgehead atoms. The lowest BCUT2D eigenvalue weighted by Crippen LogP contribution is -2.25. The lowest BCUT2D eigenvalue weighted by Gasteiger charge is -2.20. The van der Waals surface area contributed by atoms with Crippen molar-refractivity contribution in [1.29, 1.82) is 0 Å². The van der Waals surface area contributed by atoms with Crippen LogP contribution < -0.4 is 9.62 Å². The van der Waals surface area contributed by atoms with Gasteiger partial charge in [0.1, 0.15) is 23.4 Å². The number of halogens is 4. The van der Waals surface area contributed by atoms with E-state index in [0.29, 0.717) is 44.7 Å². The number of nitrogens with zero attached hydrogens (tertiary/aromatic N) is 4. The zero-order valence-corrected chi connectivity index (χ0v) is 24.8. The summed E-state index contributed by atoms with van der Waals surface area (Å²) >= 11 is 0. The number of rotatable bonds is 7. The van der Waals surface area contributed by atoms with Crippen molar-refractivity contribution in [2.24, 2.45) is 0 Å². The smallest absolute Gasteiger partial charge is 0.416 e. The van der Waals surface area contributed by atoms with Crippen LogP contribution in [0.3, 0.4) is 0 Å². The summed E-state index contributed by atoms with van der Waals surface area (Å²) in [5.41, 5.74) is 2.38. The summed E-state index contributed by atoms with van der Waals surface area (Å²) < 4.78 is 87.3. The Morgan fingerprint density at radius 1 is 1.00 bits per heavy atom. The number of aromatic nitrogens is 3. The zero-order chi connectivity index (χ0) is 32.3. The molecule has 0 amide bonds. The van der Waals surface area contributed by atoms with Crippen LogP contribution in [0.2, 0.25) is 0 Å². The number of furan rings is 1. The van der Waals surface area contributed by atoms with Crippen molar-refractivity contribution in [3.8, 4) is 33.8 Å². The highest BCUT2D eigenvalue weighted by Gasteiger charge is 2.30. The van der Waals surface area contributed by atoms with Gasteiger partial charge in [0, 0.05) is 40.8 Å². The fourth-order valence-corrected chi connectivity index (χ4v) is 5.58. The summed E-state index contributed by atoms with van der Waals surface area (Å²) in [6, 6.07) is 16.5. The minimum absolute atomic E-state index is 0.206. The van der Waals surface area contributed by atoms with E-state index < -0.39 is 33.8 Å². The van der Waals surface area contributed by atoms with Gasteiger partial charge in [-0.25, -0.2) is 22.3 Å². The number of fused-ring (bicyclic) bond motifs is 2. The second-order valence-corrected chi connectivity index (χ2v) is 12.4. The van der Waals surface area contributed by atoms with E-state index >= 15 is 0 Å². The van der Waals surface area contributed by atoms with E-state index in [2.05, 4.69) is 10.3 Å². The Kier molecular flexibility index (Phi) is 7.38. The first kappa shape index (κ1) is 30.2. The van der Waals surface area contributed by atoms with Crippen LogP contribution in [0, 0.1) is 5.82 Å². The number of nitrogens with one attached hydrogen (secondary N) is 1. The first-order valence-electron chi connectivity index (χ1n) is 13.4. The van der Waals surface area contributed by atoms with E-state index in [1.807, 2.05) is 0 Å². The lowest BCUT2D eigenvalue weighted by molar-refractivity contribution is -0.137. The maximum Gasteiger partial charge on any atom is 0.416 e. The molecule has 0 aliphatic carbocycles. The summed E-state index contributed by atoms with van der Waals surface area (Å²) in [6.45, 7) is 0. The van der Waals surface area contributed by atoms with Crippen molar-refractivity contribution in [2.45, 2.75) is 12.4 Å². The van der Waals surface area contributed by atoms with Crippen LogP contribution in [0.15, 0.2) is 83.4 Å². The average molecular weight is 640 g/mol. The molecule has 6 aromatic rings. The van der Waals surface area contributed by atoms with Crippen LogP contribution in [0.4, 0.5) is 23.2 Å². The van der Waals surface area contributed by atoms with Crippen LogP contribution in [-0.2, 0) is 16.2 Å². The molecular formula is C31H25F4N5O4S. The Balaban J connectivity index is 1.59. The normalized spacial score (nSPS) is 13.1. The number of anilines is 1. The molecule has 3 aromatic heterocycles. The predicted molar refractivity (Wildman–Crippen MR) is 161 cm³/mol. The summed E-state index contributed by atoms with van der Waals surface area (Å²) in [5, 5.41) is 18.9. The van der Waals surface area contributed by atoms with Gasteiger partial charge in [-0.15, -0.1) is 0 Å². The van der Waals surface area contributed by atoms with Crippen LogP contribution in [-0.4, -0.2) is 48.5 Å². The second-order valence-electron chi connectivity index (χ2n) is 10.3. The molecule has 6 rings (SSSR count). The standard InChI is InChI=1S/C31H25F4N5O4S/c1-36-30(41)28-22-14-21(24(39(2)45(3,42)43)15-26(22)44-29(28)18-6-10-20(32)11-7-18)23-12-13-27-37-16-25(40(27)38-23)17-4-8-19(9-5-17)31(33,34)35/h4-16,30,36,41H,1-3H3. The SMILES string of the molecule is CNC(O)c1c(-c2ccc(F)cc2)oc2cc(N(C)S(C)(=O)=O)c(-c3ccc4ncc(-c5ccc(C(F)(F)F)cc5)n4n3)cc12. The summed E-state index contributed by atoms with van der Waals surface area (Å²) in [4.78, 5) is 4.33. The molecular weight excluding hydrogens is 614 g/mol. The molecule has 0 aliphatic heterocycles. The fourth-order valence-electron chi connectivity index (χ4n) is 5.07. The van der Waals surface area contributed by atoms with Gasteiger partial charge in [-0.3, -0.25) is 9.62 Å². The van der Waals surface area contributed by atoms with Crippen molar-refractivity contribution in [2.75, 3.05) is 24.7 Å². The molecule has 45 heavy (non-hydrogen) atoms. The van der Waals surface area contributed by atoms with Crippen molar-refractivity contribution >= 4 is 32.3 Å². The summed E-state index contributed by atoms with van der Waals surface area (Å²) in [5.74, 6) is -0.207. The molecule has 0 saturated heterocycles. The van der Waals surface area contributed by atoms with Crippen LogP contribution in [0.5, 0.6) is 0 Å². The topological polar surface area (TPSA) is 113 Å². The molecule has 14 heteroatoms. The number of aliphatic hydroxyl groups excluding tert-OH is 1. The van der Waals surface area contributed by atoms with E-state index in [0.717, 1.165) is 22.7 Å². The Morgan fingerprint density at radius 2 is 1.67 bits per heavy atom. The van der Waals surface area contributed by atoms with Crippen LogP contribution in [0.25, 0.3) is 50.5 Å². The summed E-state index contributed by atoms with van der Waals surface area (Å²) in [6.07, 6.45) is -3.19. The molecule has 3 heterocycles. The molecule has 1 atom stereocenters. The third-order valence-electron chi connectivity index (χ3n) is 7.48. The highest BCUT2D eigenvalue weighted by molar-refractivity contribution is 7.92. The highest BCUT2D eigenvalue weighted by Crippen LogP contribution is 2.42. The number of aliphatic hydroxyl groups is 1. The Morgan fingerprint density at radius 3 is 2.29 bits per heavy atom. The van der Waals surface area contributed by atoms with Crippen LogP contribution in [0.1, 0.15) is 17.4 Å². The molecule has 1 unspecified atom stereocenters. The quantitative estimate of drug-likeness (QED) is 0.157. The van der Waals surface area contributed by atoms with E-state index in [9.17, 15) is 31.1 Å². The van der Waals surface area contributed by atoms with Crippen molar-refractivity contribution in [3.05, 3.63) is 95.9 Å². The van der Waals surface area contributed by atoms with Crippen LogP contribution >= 0.6 is 0 Å². The maximum absolute atomic E-state index is 13.7. The number of benzene rings is 3. The maximum atomic E-state index is 13.7. The van der Waals surface area contributed by atoms with Gasteiger partial charge in [0.15, 0.2) is 5.65 Å². The molecule has 2 N–H and O–H groups in total. The molecule has 0 fully saturated rings. The Labute approximate surface area is 254 Å². The zero-order valence-electron chi connectivity index (χ0n) is 24.0. The van der Waals surface area contributed by atoms with E-state index in [4.69, 9.17) is 9.52 Å². The van der Waals surface area contributed by atoms with Gasteiger partial charge in [0.2, 0.25) is 10.0 Å². The third-order valence-corrected chi connectivity index (χ3v) is 8.67. The van der Waals surface area contributed by atoms with Gasteiger partial charge in [-0.1, -0.05) is 12.1 Å². The molecule has 232 valence electrons. The molecule has 0 saturated carbocycles. The van der Waals surface area contributed by atoms with Crippen molar-refractivity contribution in [1.82, 2.24) is 19.9 Å². The Bertz CT molecular complexity index is 2160. The summed E-state index contributed by atoms with van der Waals surface area (Å²) in [7, 11) is -0.871. The largest absolute Gasteiger partial charge is 0.456 e. The van der Waals surface area contributed by atoms with Gasteiger partial charge in [0.25, 0.3) is 0 Å². The number of hydrogen-bond acceptors (Lipinski definition) is 7. The van der Waals surface area contributed by atoms with Crippen molar-refractivity contribution < 1.29 is 35.5 Å². The van der Waals surface area contributed by atoms with E-state index in [-0.39, 0.29) is 17.0 Å². The van der Waals surface area contributed by atoms with Gasteiger partial charge in [-0.2, -0.15) is 18.3 Å². The van der Waals surface area contributed by atoms with Gasteiger partial charge in [-0.05, 0) is 61.6 Å². The van der Waals surface area contributed by atoms with Gasteiger partial charge < -0.3 is 9.52 Å². The van der Waals surface area contributed by atoms with Gasteiger partial charge >= 0.3 is 6.18 Å². The van der Waals surface area contributed by atoms with Crippen molar-refractivity contribution in [3.63, 3.8) is 0 Å². The molecule has 3 aromatic carbocycles. The first-order chi connectivity index (χ1) is 21.3. The lowest BCUT2D eigenvalue weighted by atomic mass is 10.0. The minimum atomic E-state index is -4.49. The number of sulfonamides is 1. The monoisotopic (exact) mass is 639 g/mol. The average Bonchev–Trinajstić information content (AvgIpc) is 3.60. The minimum Gasteiger partial charge on any atom is -0.456 e. The number of alkyl halides is 3. The second kappa shape index (κ2) is 11.0. The highest BCUT2D eigenvalue weighted by atomic mass is 32.2. The fraction of sp³-hybridized carbons (Fsp3) is 0.161. The number of hydrogen-bond donors (Lipinski definition) is 2. The Hall–Kier alpha value is -4.79. The van der Waals surface area contributed by atoms with E-state index in [1.54, 1.807) is 25.2 Å². The van der Waals surface area contributed by atoms with E-state index in [1.165, 1.54) is 60.2 Å². The molecule has 0 spiro atoms. The molecule has 0 radical (unpaired) electrons. The number of imidazole rings is 1. The molecule has 9 nitrogen and oxygen atoms in total.